The van der Waals surface area contributed by atoms with Gasteiger partial charge in [-0.15, -0.1) is 0 Å². The maximum atomic E-state index is 13.2. The van der Waals surface area contributed by atoms with Gasteiger partial charge in [0, 0.05) is 31.9 Å². The second kappa shape index (κ2) is 6.82. The van der Waals surface area contributed by atoms with Crippen LogP contribution in [0.25, 0.3) is 0 Å². The molecule has 0 aromatic heterocycles. The first kappa shape index (κ1) is 17.4. The fourth-order valence-electron chi connectivity index (χ4n) is 3.00. The Morgan fingerprint density at radius 3 is 2.44 bits per heavy atom. The highest BCUT2D eigenvalue weighted by Gasteiger charge is 2.29. The molecule has 1 heterocycles. The van der Waals surface area contributed by atoms with Gasteiger partial charge in [-0.1, -0.05) is 6.07 Å². The Bertz CT molecular complexity index is 930. The molecule has 0 N–H and O–H groups in total. The predicted octanol–water partition coefficient (Wildman–Crippen LogP) is 2.52. The molecular formula is C18H18FN3O2S. The van der Waals surface area contributed by atoms with Gasteiger partial charge in [-0.2, -0.15) is 9.57 Å². The third kappa shape index (κ3) is 3.50. The van der Waals surface area contributed by atoms with Crippen molar-refractivity contribution in [1.82, 2.24) is 4.31 Å². The van der Waals surface area contributed by atoms with Crippen LogP contribution in [0.1, 0.15) is 11.1 Å². The molecule has 0 saturated carbocycles. The van der Waals surface area contributed by atoms with E-state index < -0.39 is 15.8 Å². The van der Waals surface area contributed by atoms with Crippen molar-refractivity contribution in [2.75, 3.05) is 31.1 Å². The lowest BCUT2D eigenvalue weighted by molar-refractivity contribution is 0.384. The van der Waals surface area contributed by atoms with Crippen molar-refractivity contribution >= 4 is 15.7 Å². The predicted molar refractivity (Wildman–Crippen MR) is 93.3 cm³/mol. The molecule has 3 rings (SSSR count). The van der Waals surface area contributed by atoms with Crippen LogP contribution in [0.3, 0.4) is 0 Å². The first-order chi connectivity index (χ1) is 11.9. The SMILES string of the molecule is Cc1cc(F)ccc1S(=O)(=O)N1CCN(c2cccc(C#N)c2)CC1. The highest BCUT2D eigenvalue weighted by Crippen LogP contribution is 2.24. The topological polar surface area (TPSA) is 64.4 Å². The lowest BCUT2D eigenvalue weighted by atomic mass is 10.2. The van der Waals surface area contributed by atoms with Crippen molar-refractivity contribution in [2.24, 2.45) is 0 Å². The number of sulfonamides is 1. The maximum Gasteiger partial charge on any atom is 0.243 e. The number of nitriles is 1. The molecule has 7 heteroatoms. The Hall–Kier alpha value is -2.43. The van der Waals surface area contributed by atoms with Crippen LogP contribution in [-0.4, -0.2) is 38.9 Å². The Balaban J connectivity index is 1.76. The zero-order valence-electron chi connectivity index (χ0n) is 13.8. The molecule has 0 amide bonds. The summed E-state index contributed by atoms with van der Waals surface area (Å²) in [6, 6.07) is 13.1. The Morgan fingerprint density at radius 1 is 1.08 bits per heavy atom. The van der Waals surface area contributed by atoms with E-state index in [0.29, 0.717) is 37.3 Å². The van der Waals surface area contributed by atoms with Crippen LogP contribution in [-0.2, 0) is 10.0 Å². The van der Waals surface area contributed by atoms with Gasteiger partial charge in [-0.05, 0) is 48.9 Å². The Labute approximate surface area is 147 Å². The third-order valence-corrected chi connectivity index (χ3v) is 6.39. The number of hydrogen-bond donors (Lipinski definition) is 0. The zero-order valence-corrected chi connectivity index (χ0v) is 14.6. The number of rotatable bonds is 3. The smallest absolute Gasteiger partial charge is 0.243 e. The first-order valence-corrected chi connectivity index (χ1v) is 9.37. The summed E-state index contributed by atoms with van der Waals surface area (Å²) in [5.41, 5.74) is 1.90. The van der Waals surface area contributed by atoms with Gasteiger partial charge in [0.05, 0.1) is 16.5 Å². The fourth-order valence-corrected chi connectivity index (χ4v) is 4.63. The molecule has 1 aliphatic rings. The van der Waals surface area contributed by atoms with Gasteiger partial charge < -0.3 is 4.90 Å². The molecule has 25 heavy (non-hydrogen) atoms. The average molecular weight is 359 g/mol. The summed E-state index contributed by atoms with van der Waals surface area (Å²) in [5.74, 6) is -0.446. The summed E-state index contributed by atoms with van der Waals surface area (Å²) >= 11 is 0. The van der Waals surface area contributed by atoms with Crippen molar-refractivity contribution in [2.45, 2.75) is 11.8 Å². The van der Waals surface area contributed by atoms with E-state index in [0.717, 1.165) is 5.69 Å². The number of aryl methyl sites for hydroxylation is 1. The molecule has 0 aliphatic carbocycles. The third-order valence-electron chi connectivity index (χ3n) is 4.33. The fraction of sp³-hybridized carbons (Fsp3) is 0.278. The molecule has 0 atom stereocenters. The van der Waals surface area contributed by atoms with E-state index in [1.54, 1.807) is 19.1 Å². The van der Waals surface area contributed by atoms with Crippen molar-refractivity contribution < 1.29 is 12.8 Å². The molecule has 2 aromatic carbocycles. The summed E-state index contributed by atoms with van der Waals surface area (Å²) in [5, 5.41) is 9.00. The van der Waals surface area contributed by atoms with E-state index in [9.17, 15) is 12.8 Å². The van der Waals surface area contributed by atoms with Crippen LogP contribution in [0, 0.1) is 24.1 Å². The molecule has 1 fully saturated rings. The lowest BCUT2D eigenvalue weighted by Gasteiger charge is -2.35. The molecular weight excluding hydrogens is 341 g/mol. The minimum Gasteiger partial charge on any atom is -0.369 e. The van der Waals surface area contributed by atoms with Crippen LogP contribution in [0.5, 0.6) is 0 Å². The standard InChI is InChI=1S/C18H18FN3O2S/c1-14-11-16(19)5-6-18(14)25(23,24)22-9-7-21(8-10-22)17-4-2-3-15(12-17)13-20/h2-6,11-12H,7-10H2,1H3. The van der Waals surface area contributed by atoms with E-state index >= 15 is 0 Å². The number of nitrogens with zero attached hydrogens (tertiary/aromatic N) is 3. The summed E-state index contributed by atoms with van der Waals surface area (Å²) in [7, 11) is -3.64. The lowest BCUT2D eigenvalue weighted by Crippen LogP contribution is -2.48. The molecule has 1 saturated heterocycles. The van der Waals surface area contributed by atoms with Crippen LogP contribution in [0.4, 0.5) is 10.1 Å². The van der Waals surface area contributed by atoms with Gasteiger partial charge in [-0.3, -0.25) is 0 Å². The summed E-state index contributed by atoms with van der Waals surface area (Å²) in [6.07, 6.45) is 0. The average Bonchev–Trinajstić information content (AvgIpc) is 2.61. The summed E-state index contributed by atoms with van der Waals surface area (Å²) in [4.78, 5) is 2.21. The molecule has 0 bridgehead atoms. The summed E-state index contributed by atoms with van der Waals surface area (Å²) in [6.45, 7) is 3.36. The number of hydrogen-bond acceptors (Lipinski definition) is 4. The van der Waals surface area contributed by atoms with Gasteiger partial charge >= 0.3 is 0 Å². The van der Waals surface area contributed by atoms with E-state index in [-0.39, 0.29) is 4.90 Å². The number of piperazine rings is 1. The van der Waals surface area contributed by atoms with E-state index in [1.165, 1.54) is 22.5 Å². The number of benzene rings is 2. The molecule has 0 radical (unpaired) electrons. The van der Waals surface area contributed by atoms with Gasteiger partial charge in [-0.25, -0.2) is 12.8 Å². The van der Waals surface area contributed by atoms with Crippen molar-refractivity contribution in [1.29, 1.82) is 5.26 Å². The Morgan fingerprint density at radius 2 is 1.80 bits per heavy atom. The minimum absolute atomic E-state index is 0.147. The number of halogens is 1. The van der Waals surface area contributed by atoms with Gasteiger partial charge in [0.2, 0.25) is 10.0 Å². The van der Waals surface area contributed by atoms with E-state index in [1.807, 2.05) is 12.1 Å². The van der Waals surface area contributed by atoms with Gasteiger partial charge in [0.25, 0.3) is 0 Å². The normalized spacial score (nSPS) is 15.8. The van der Waals surface area contributed by atoms with Crippen molar-refractivity contribution in [3.63, 3.8) is 0 Å². The largest absolute Gasteiger partial charge is 0.369 e. The van der Waals surface area contributed by atoms with Gasteiger partial charge in [0.1, 0.15) is 5.82 Å². The molecule has 0 unspecified atom stereocenters. The van der Waals surface area contributed by atoms with E-state index in [2.05, 4.69) is 11.0 Å². The molecule has 0 spiro atoms. The van der Waals surface area contributed by atoms with Crippen molar-refractivity contribution in [3.8, 4) is 6.07 Å². The van der Waals surface area contributed by atoms with Gasteiger partial charge in [0.15, 0.2) is 0 Å². The van der Waals surface area contributed by atoms with Crippen molar-refractivity contribution in [3.05, 3.63) is 59.4 Å². The zero-order chi connectivity index (χ0) is 18.0. The van der Waals surface area contributed by atoms with Crippen LogP contribution in [0.15, 0.2) is 47.4 Å². The molecule has 5 nitrogen and oxygen atoms in total. The highest BCUT2D eigenvalue weighted by molar-refractivity contribution is 7.89. The van der Waals surface area contributed by atoms with Crippen LogP contribution < -0.4 is 4.90 Å². The molecule has 1 aliphatic heterocycles. The van der Waals surface area contributed by atoms with Crippen LogP contribution >= 0.6 is 0 Å². The first-order valence-electron chi connectivity index (χ1n) is 7.93. The quantitative estimate of drug-likeness (QED) is 0.845. The highest BCUT2D eigenvalue weighted by atomic mass is 32.2. The second-order valence-corrected chi connectivity index (χ2v) is 7.87. The molecule has 130 valence electrons. The second-order valence-electron chi connectivity index (χ2n) is 5.96. The minimum atomic E-state index is -3.64. The van der Waals surface area contributed by atoms with E-state index in [4.69, 9.17) is 5.26 Å². The maximum absolute atomic E-state index is 13.2. The number of anilines is 1. The summed E-state index contributed by atoms with van der Waals surface area (Å²) < 4.78 is 40.3. The Kier molecular flexibility index (Phi) is 4.75. The van der Waals surface area contributed by atoms with Crippen LogP contribution in [0.2, 0.25) is 0 Å². The molecule has 2 aromatic rings. The monoisotopic (exact) mass is 359 g/mol.